The number of halogens is 1. The zero-order chi connectivity index (χ0) is 19.8. The van der Waals surface area contributed by atoms with Crippen LogP contribution in [0.25, 0.3) is 0 Å². The number of hydrogen-bond donors (Lipinski definition) is 0. The molecule has 5 rings (SSSR count). The SMILES string of the molecule is O=C(C1c2ccccc2Oc2ccccc21)N1CCC(Oc2ncccc2Br)C1. The first-order valence-electron chi connectivity index (χ1n) is 9.62. The minimum Gasteiger partial charge on any atom is -0.472 e. The van der Waals surface area contributed by atoms with E-state index < -0.39 is 0 Å². The van der Waals surface area contributed by atoms with Crippen LogP contribution in [0.15, 0.2) is 71.3 Å². The maximum absolute atomic E-state index is 13.6. The van der Waals surface area contributed by atoms with Gasteiger partial charge in [-0.1, -0.05) is 36.4 Å². The summed E-state index contributed by atoms with van der Waals surface area (Å²) in [6, 6.07) is 19.3. The average molecular weight is 451 g/mol. The van der Waals surface area contributed by atoms with Crippen LogP contribution in [0.1, 0.15) is 23.5 Å². The number of pyridine rings is 1. The standard InChI is InChI=1S/C23H19BrN2O3/c24-18-8-5-12-25-22(18)28-15-11-13-26(14-15)23(27)21-16-6-1-3-9-19(16)29-20-10-4-2-7-17(20)21/h1-10,12,15,21H,11,13-14H2. The highest BCUT2D eigenvalue weighted by Gasteiger charge is 2.38. The molecule has 1 fully saturated rings. The topological polar surface area (TPSA) is 51.7 Å². The Morgan fingerprint density at radius 1 is 1.03 bits per heavy atom. The van der Waals surface area contributed by atoms with Gasteiger partial charge in [0.1, 0.15) is 17.6 Å². The first-order valence-corrected chi connectivity index (χ1v) is 10.4. The first-order chi connectivity index (χ1) is 14.2. The zero-order valence-corrected chi connectivity index (χ0v) is 17.2. The fraction of sp³-hybridized carbons (Fsp3) is 0.217. The van der Waals surface area contributed by atoms with Gasteiger partial charge >= 0.3 is 0 Å². The second-order valence-electron chi connectivity index (χ2n) is 7.21. The number of amides is 1. The summed E-state index contributed by atoms with van der Waals surface area (Å²) < 4.78 is 12.9. The molecule has 6 heteroatoms. The lowest BCUT2D eigenvalue weighted by atomic mass is 9.87. The molecule has 146 valence electrons. The van der Waals surface area contributed by atoms with E-state index >= 15 is 0 Å². The molecule has 0 N–H and O–H groups in total. The Morgan fingerprint density at radius 3 is 2.41 bits per heavy atom. The number of para-hydroxylation sites is 2. The molecule has 3 heterocycles. The Labute approximate surface area is 177 Å². The van der Waals surface area contributed by atoms with E-state index in [1.165, 1.54) is 0 Å². The Bertz CT molecular complexity index is 1030. The Kier molecular flexibility index (Phi) is 4.72. The second-order valence-corrected chi connectivity index (χ2v) is 8.07. The maximum Gasteiger partial charge on any atom is 0.234 e. The second kappa shape index (κ2) is 7.52. The molecule has 2 aliphatic heterocycles. The van der Waals surface area contributed by atoms with Gasteiger partial charge in [0.15, 0.2) is 0 Å². The van der Waals surface area contributed by atoms with E-state index in [1.54, 1.807) is 6.20 Å². The monoisotopic (exact) mass is 450 g/mol. The number of aromatic nitrogens is 1. The van der Waals surface area contributed by atoms with E-state index in [0.717, 1.165) is 33.5 Å². The molecule has 0 saturated carbocycles. The fourth-order valence-electron chi connectivity index (χ4n) is 4.00. The van der Waals surface area contributed by atoms with Gasteiger partial charge in [0.05, 0.1) is 16.9 Å². The van der Waals surface area contributed by atoms with Crippen LogP contribution in [0.2, 0.25) is 0 Å². The van der Waals surface area contributed by atoms with Gasteiger partial charge < -0.3 is 14.4 Å². The lowest BCUT2D eigenvalue weighted by Gasteiger charge is -2.30. The van der Waals surface area contributed by atoms with E-state index in [-0.39, 0.29) is 17.9 Å². The molecule has 1 saturated heterocycles. The highest BCUT2D eigenvalue weighted by molar-refractivity contribution is 9.10. The number of fused-ring (bicyclic) bond motifs is 2. The molecule has 5 nitrogen and oxygen atoms in total. The van der Waals surface area contributed by atoms with Gasteiger partial charge in [-0.2, -0.15) is 0 Å². The summed E-state index contributed by atoms with van der Waals surface area (Å²) in [5.41, 5.74) is 1.82. The van der Waals surface area contributed by atoms with Crippen LogP contribution in [0.4, 0.5) is 0 Å². The number of benzene rings is 2. The molecule has 1 unspecified atom stereocenters. The van der Waals surface area contributed by atoms with Gasteiger partial charge in [0.2, 0.25) is 11.8 Å². The van der Waals surface area contributed by atoms with Crippen LogP contribution in [0, 0.1) is 0 Å². The summed E-state index contributed by atoms with van der Waals surface area (Å²) in [6.07, 6.45) is 2.41. The number of ether oxygens (including phenoxy) is 2. The summed E-state index contributed by atoms with van der Waals surface area (Å²) in [5, 5.41) is 0. The van der Waals surface area contributed by atoms with Crippen LogP contribution in [-0.4, -0.2) is 35.0 Å². The lowest BCUT2D eigenvalue weighted by molar-refractivity contribution is -0.131. The third-order valence-electron chi connectivity index (χ3n) is 5.39. The van der Waals surface area contributed by atoms with Crippen molar-refractivity contribution in [3.05, 3.63) is 82.5 Å². The van der Waals surface area contributed by atoms with Gasteiger partial charge in [0, 0.05) is 30.3 Å². The van der Waals surface area contributed by atoms with Gasteiger partial charge in [-0.3, -0.25) is 4.79 Å². The molecular formula is C23H19BrN2O3. The van der Waals surface area contributed by atoms with Crippen molar-refractivity contribution in [2.75, 3.05) is 13.1 Å². The molecular weight excluding hydrogens is 432 g/mol. The number of hydrogen-bond acceptors (Lipinski definition) is 4. The predicted octanol–water partition coefficient (Wildman–Crippen LogP) is 4.76. The Balaban J connectivity index is 1.40. The summed E-state index contributed by atoms with van der Waals surface area (Å²) in [4.78, 5) is 19.7. The Hall–Kier alpha value is -2.86. The van der Waals surface area contributed by atoms with E-state index in [9.17, 15) is 4.79 Å². The quantitative estimate of drug-likeness (QED) is 0.576. The smallest absolute Gasteiger partial charge is 0.234 e. The molecule has 0 radical (unpaired) electrons. The fourth-order valence-corrected chi connectivity index (χ4v) is 4.35. The number of carbonyl (C=O) groups is 1. The molecule has 0 spiro atoms. The molecule has 3 aromatic rings. The summed E-state index contributed by atoms with van der Waals surface area (Å²) >= 11 is 3.46. The lowest BCUT2D eigenvalue weighted by Crippen LogP contribution is -2.36. The van der Waals surface area contributed by atoms with Crippen LogP contribution >= 0.6 is 15.9 Å². The highest BCUT2D eigenvalue weighted by atomic mass is 79.9. The molecule has 1 aromatic heterocycles. The van der Waals surface area contributed by atoms with Gasteiger partial charge in [-0.05, 0) is 40.2 Å². The predicted molar refractivity (Wildman–Crippen MR) is 112 cm³/mol. The Morgan fingerprint density at radius 2 is 1.72 bits per heavy atom. The molecule has 1 atom stereocenters. The van der Waals surface area contributed by atoms with Crippen LogP contribution in [-0.2, 0) is 4.79 Å². The first kappa shape index (κ1) is 18.2. The molecule has 0 aliphatic carbocycles. The molecule has 29 heavy (non-hydrogen) atoms. The van der Waals surface area contributed by atoms with Crippen molar-refractivity contribution >= 4 is 21.8 Å². The maximum atomic E-state index is 13.6. The highest BCUT2D eigenvalue weighted by Crippen LogP contribution is 2.45. The largest absolute Gasteiger partial charge is 0.472 e. The minimum absolute atomic E-state index is 0.0736. The van der Waals surface area contributed by atoms with Crippen molar-refractivity contribution in [3.8, 4) is 17.4 Å². The number of carbonyl (C=O) groups excluding carboxylic acids is 1. The number of likely N-dealkylation sites (tertiary alicyclic amines) is 1. The van der Waals surface area contributed by atoms with E-state index in [2.05, 4.69) is 20.9 Å². The van der Waals surface area contributed by atoms with Gasteiger partial charge in [-0.25, -0.2) is 4.98 Å². The minimum atomic E-state index is -0.364. The van der Waals surface area contributed by atoms with Gasteiger partial charge in [-0.15, -0.1) is 0 Å². The third-order valence-corrected chi connectivity index (χ3v) is 5.99. The average Bonchev–Trinajstić information content (AvgIpc) is 3.22. The summed E-state index contributed by atoms with van der Waals surface area (Å²) in [5.74, 6) is 1.77. The van der Waals surface area contributed by atoms with Crippen molar-refractivity contribution in [2.45, 2.75) is 18.4 Å². The van der Waals surface area contributed by atoms with E-state index in [0.29, 0.717) is 19.0 Å². The van der Waals surface area contributed by atoms with Gasteiger partial charge in [0.25, 0.3) is 0 Å². The molecule has 1 amide bonds. The number of nitrogens with zero attached hydrogens (tertiary/aromatic N) is 2. The van der Waals surface area contributed by atoms with Crippen LogP contribution < -0.4 is 9.47 Å². The van der Waals surface area contributed by atoms with Crippen molar-refractivity contribution in [1.82, 2.24) is 9.88 Å². The van der Waals surface area contributed by atoms with Crippen molar-refractivity contribution < 1.29 is 14.3 Å². The van der Waals surface area contributed by atoms with Crippen molar-refractivity contribution in [3.63, 3.8) is 0 Å². The van der Waals surface area contributed by atoms with Crippen molar-refractivity contribution in [1.29, 1.82) is 0 Å². The van der Waals surface area contributed by atoms with Crippen LogP contribution in [0.3, 0.4) is 0 Å². The molecule has 2 aliphatic rings. The summed E-state index contributed by atoms with van der Waals surface area (Å²) in [7, 11) is 0. The normalized spacial score (nSPS) is 18.0. The third kappa shape index (κ3) is 3.38. The molecule has 2 aromatic carbocycles. The van der Waals surface area contributed by atoms with Crippen molar-refractivity contribution in [2.24, 2.45) is 0 Å². The number of rotatable bonds is 3. The summed E-state index contributed by atoms with van der Waals surface area (Å²) in [6.45, 7) is 1.21. The van der Waals surface area contributed by atoms with E-state index in [4.69, 9.17) is 9.47 Å². The van der Waals surface area contributed by atoms with Crippen LogP contribution in [0.5, 0.6) is 17.4 Å². The molecule has 0 bridgehead atoms. The zero-order valence-electron chi connectivity index (χ0n) is 15.6. The van der Waals surface area contributed by atoms with E-state index in [1.807, 2.05) is 65.6 Å².